The number of rotatable bonds is 7. The van der Waals surface area contributed by atoms with E-state index in [2.05, 4.69) is 5.32 Å². The molecule has 33 heavy (non-hydrogen) atoms. The zero-order valence-electron chi connectivity index (χ0n) is 20.4. The minimum absolute atomic E-state index is 0.00761. The Balaban J connectivity index is 1.88. The van der Waals surface area contributed by atoms with Gasteiger partial charge >= 0.3 is 0 Å². The predicted octanol–water partition coefficient (Wildman–Crippen LogP) is 5.46. The van der Waals surface area contributed by atoms with Crippen LogP contribution in [0.1, 0.15) is 46.6 Å². The van der Waals surface area contributed by atoms with Crippen molar-refractivity contribution in [1.29, 1.82) is 0 Å². The number of nitrogens with one attached hydrogen (secondary N) is 1. The van der Waals surface area contributed by atoms with E-state index in [9.17, 15) is 9.59 Å². The van der Waals surface area contributed by atoms with Gasteiger partial charge in [0.2, 0.25) is 11.8 Å². The van der Waals surface area contributed by atoms with E-state index in [1.54, 1.807) is 9.58 Å². The van der Waals surface area contributed by atoms with Gasteiger partial charge in [0.25, 0.3) is 0 Å². The first-order valence-electron chi connectivity index (χ1n) is 11.4. The van der Waals surface area contributed by atoms with Crippen LogP contribution in [0.4, 0.5) is 5.82 Å². The van der Waals surface area contributed by atoms with Crippen LogP contribution in [0.5, 0.6) is 0 Å². The van der Waals surface area contributed by atoms with Crippen LogP contribution in [0.15, 0.2) is 60.7 Å². The largest absolute Gasteiger partial charge is 0.331 e. The van der Waals surface area contributed by atoms with Crippen molar-refractivity contribution in [2.24, 2.45) is 5.41 Å². The van der Waals surface area contributed by atoms with E-state index in [1.165, 1.54) is 0 Å². The fourth-order valence-corrected chi connectivity index (χ4v) is 3.55. The smallest absolute Gasteiger partial charge is 0.245 e. The summed E-state index contributed by atoms with van der Waals surface area (Å²) < 4.78 is 1.73. The standard InChI is InChI=1S/C27H34N4O2/c1-19(2)30(26(33)17-27(4,5)6)18-25(32)28-24-16-23(21-10-8-7-9-11-21)29-31(24)22-14-12-20(3)13-15-22/h7-16,19H,17-18H2,1-6H3,(H,28,32). The van der Waals surface area contributed by atoms with Crippen molar-refractivity contribution in [2.75, 3.05) is 11.9 Å². The van der Waals surface area contributed by atoms with Crippen LogP contribution in [0.2, 0.25) is 0 Å². The lowest BCUT2D eigenvalue weighted by atomic mass is 9.91. The Morgan fingerprint density at radius 1 is 1.03 bits per heavy atom. The van der Waals surface area contributed by atoms with E-state index in [0.29, 0.717) is 12.2 Å². The zero-order valence-corrected chi connectivity index (χ0v) is 20.4. The van der Waals surface area contributed by atoms with Gasteiger partial charge in [0, 0.05) is 24.1 Å². The summed E-state index contributed by atoms with van der Waals surface area (Å²) in [6, 6.07) is 19.6. The second kappa shape index (κ2) is 10.0. The number of anilines is 1. The minimum atomic E-state index is -0.251. The number of nitrogens with zero attached hydrogens (tertiary/aromatic N) is 3. The van der Waals surface area contributed by atoms with Gasteiger partial charge in [0.1, 0.15) is 12.4 Å². The van der Waals surface area contributed by atoms with Crippen molar-refractivity contribution >= 4 is 17.6 Å². The average Bonchev–Trinajstić information content (AvgIpc) is 3.15. The Morgan fingerprint density at radius 2 is 1.67 bits per heavy atom. The van der Waals surface area contributed by atoms with Crippen LogP contribution in [0.25, 0.3) is 16.9 Å². The second-order valence-corrected chi connectivity index (χ2v) is 9.93. The Kier molecular flexibility index (Phi) is 7.36. The van der Waals surface area contributed by atoms with Crippen LogP contribution in [-0.2, 0) is 9.59 Å². The van der Waals surface area contributed by atoms with Crippen molar-refractivity contribution in [3.63, 3.8) is 0 Å². The summed E-state index contributed by atoms with van der Waals surface area (Å²) in [5, 5.41) is 7.74. The third-order valence-corrected chi connectivity index (χ3v) is 5.26. The molecule has 0 aliphatic rings. The highest BCUT2D eigenvalue weighted by atomic mass is 16.2. The summed E-state index contributed by atoms with van der Waals surface area (Å²) in [6.45, 7) is 11.9. The molecule has 0 aliphatic carbocycles. The molecule has 0 aliphatic heterocycles. The lowest BCUT2D eigenvalue weighted by molar-refractivity contribution is -0.138. The van der Waals surface area contributed by atoms with E-state index in [1.807, 2.05) is 102 Å². The number of aryl methyl sites for hydroxylation is 1. The number of hydrogen-bond donors (Lipinski definition) is 1. The third-order valence-electron chi connectivity index (χ3n) is 5.26. The molecule has 0 saturated heterocycles. The van der Waals surface area contributed by atoms with Gasteiger partial charge in [0.05, 0.1) is 11.4 Å². The fraction of sp³-hybridized carbons (Fsp3) is 0.370. The number of amides is 2. The van der Waals surface area contributed by atoms with E-state index >= 15 is 0 Å². The molecule has 6 nitrogen and oxygen atoms in total. The lowest BCUT2D eigenvalue weighted by Gasteiger charge is -2.29. The molecule has 1 heterocycles. The van der Waals surface area contributed by atoms with Gasteiger partial charge in [-0.15, -0.1) is 0 Å². The van der Waals surface area contributed by atoms with Crippen LogP contribution in [0, 0.1) is 12.3 Å². The maximum Gasteiger partial charge on any atom is 0.245 e. The first kappa shape index (κ1) is 24.2. The second-order valence-electron chi connectivity index (χ2n) is 9.93. The van der Waals surface area contributed by atoms with Gasteiger partial charge in [-0.1, -0.05) is 68.8 Å². The maximum atomic E-state index is 13.0. The molecule has 0 bridgehead atoms. The minimum Gasteiger partial charge on any atom is -0.331 e. The molecule has 1 aromatic heterocycles. The lowest BCUT2D eigenvalue weighted by Crippen LogP contribution is -2.43. The van der Waals surface area contributed by atoms with E-state index in [0.717, 1.165) is 22.5 Å². The first-order chi connectivity index (χ1) is 15.5. The summed E-state index contributed by atoms with van der Waals surface area (Å²) in [4.78, 5) is 27.5. The molecule has 0 atom stereocenters. The molecule has 3 aromatic rings. The van der Waals surface area contributed by atoms with Crippen molar-refractivity contribution in [3.05, 3.63) is 66.2 Å². The molecule has 0 unspecified atom stereocenters. The summed E-state index contributed by atoms with van der Waals surface area (Å²) in [5.74, 6) is 0.290. The molecule has 1 N–H and O–H groups in total. The van der Waals surface area contributed by atoms with E-state index < -0.39 is 0 Å². The number of hydrogen-bond acceptors (Lipinski definition) is 3. The molecular formula is C27H34N4O2. The van der Waals surface area contributed by atoms with Gasteiger partial charge in [-0.25, -0.2) is 4.68 Å². The first-order valence-corrected chi connectivity index (χ1v) is 11.4. The van der Waals surface area contributed by atoms with Crippen molar-refractivity contribution in [3.8, 4) is 16.9 Å². The zero-order chi connectivity index (χ0) is 24.2. The van der Waals surface area contributed by atoms with E-state index in [-0.39, 0.29) is 29.8 Å². The van der Waals surface area contributed by atoms with Gasteiger partial charge < -0.3 is 10.2 Å². The fourth-order valence-electron chi connectivity index (χ4n) is 3.55. The van der Waals surface area contributed by atoms with Crippen LogP contribution in [-0.4, -0.2) is 39.1 Å². The Bertz CT molecular complexity index is 1090. The van der Waals surface area contributed by atoms with Crippen molar-refractivity contribution < 1.29 is 9.59 Å². The van der Waals surface area contributed by atoms with Gasteiger partial charge in [-0.3, -0.25) is 9.59 Å². The Morgan fingerprint density at radius 3 is 2.24 bits per heavy atom. The quantitative estimate of drug-likeness (QED) is 0.524. The molecular weight excluding hydrogens is 412 g/mol. The summed E-state index contributed by atoms with van der Waals surface area (Å²) in [7, 11) is 0. The van der Waals surface area contributed by atoms with Crippen LogP contribution < -0.4 is 5.32 Å². The molecule has 3 rings (SSSR count). The molecule has 0 fully saturated rings. The monoisotopic (exact) mass is 446 g/mol. The number of benzene rings is 2. The van der Waals surface area contributed by atoms with Gasteiger partial charge in [-0.2, -0.15) is 5.10 Å². The average molecular weight is 447 g/mol. The van der Waals surface area contributed by atoms with Gasteiger partial charge in [0.15, 0.2) is 0 Å². The van der Waals surface area contributed by atoms with Crippen LogP contribution in [0.3, 0.4) is 0 Å². The van der Waals surface area contributed by atoms with Crippen molar-refractivity contribution in [1.82, 2.24) is 14.7 Å². The topological polar surface area (TPSA) is 67.2 Å². The highest BCUT2D eigenvalue weighted by Gasteiger charge is 2.25. The molecule has 2 amide bonds. The third kappa shape index (κ3) is 6.54. The molecule has 174 valence electrons. The molecule has 0 spiro atoms. The Hall–Kier alpha value is -3.41. The van der Waals surface area contributed by atoms with Crippen LogP contribution >= 0.6 is 0 Å². The number of carbonyl (C=O) groups is 2. The normalized spacial score (nSPS) is 11.5. The number of aromatic nitrogens is 2. The summed E-state index contributed by atoms with van der Waals surface area (Å²) >= 11 is 0. The van der Waals surface area contributed by atoms with E-state index in [4.69, 9.17) is 5.10 Å². The summed E-state index contributed by atoms with van der Waals surface area (Å²) in [6.07, 6.45) is 0.387. The predicted molar refractivity (Wildman–Crippen MR) is 133 cm³/mol. The molecule has 0 saturated carbocycles. The highest BCUT2D eigenvalue weighted by molar-refractivity contribution is 5.94. The molecule has 0 radical (unpaired) electrons. The maximum absolute atomic E-state index is 13.0. The Labute approximate surface area is 196 Å². The SMILES string of the molecule is Cc1ccc(-n2nc(-c3ccccc3)cc2NC(=O)CN(C(=O)CC(C)(C)C)C(C)C)cc1. The van der Waals surface area contributed by atoms with Gasteiger partial charge in [-0.05, 0) is 38.3 Å². The highest BCUT2D eigenvalue weighted by Crippen LogP contribution is 2.25. The van der Waals surface area contributed by atoms with Crippen molar-refractivity contribution in [2.45, 2.75) is 54.0 Å². The number of carbonyl (C=O) groups excluding carboxylic acids is 2. The summed E-state index contributed by atoms with van der Waals surface area (Å²) in [5.41, 5.74) is 3.57. The molecule has 6 heteroatoms. The molecule has 2 aromatic carbocycles.